The van der Waals surface area contributed by atoms with Crippen LogP contribution in [0.1, 0.15) is 5.56 Å². The summed E-state index contributed by atoms with van der Waals surface area (Å²) in [6.07, 6.45) is 2.98. The van der Waals surface area contributed by atoms with Crippen LogP contribution in [-0.2, 0) is 4.79 Å². The van der Waals surface area contributed by atoms with Crippen LogP contribution in [0, 0.1) is 0 Å². The van der Waals surface area contributed by atoms with Gasteiger partial charge in [-0.1, -0.05) is 12.1 Å². The topological polar surface area (TPSA) is 55.8 Å². The van der Waals surface area contributed by atoms with Gasteiger partial charge in [0.25, 0.3) is 0 Å². The summed E-state index contributed by atoms with van der Waals surface area (Å²) < 4.78 is 11.2. The lowest BCUT2D eigenvalue weighted by Gasteiger charge is -2.21. The van der Waals surface area contributed by atoms with E-state index in [1.54, 1.807) is 19.3 Å². The maximum Gasteiger partial charge on any atom is 0.242 e. The van der Waals surface area contributed by atoms with Gasteiger partial charge in [0.15, 0.2) is 11.5 Å². The standard InChI is InChI=1S/C14H20O4Si/c1-17-14-9-11(5-7-12(16)10-15)6-8-13(14)18-19(2,3)4/h5-9,15H,10H2,1-4H3/b7-5+. The van der Waals surface area contributed by atoms with Crippen molar-refractivity contribution in [1.29, 1.82) is 0 Å². The number of hydrogen-bond donors (Lipinski definition) is 1. The van der Waals surface area contributed by atoms with E-state index in [1.165, 1.54) is 6.08 Å². The lowest BCUT2D eigenvalue weighted by atomic mass is 10.1. The highest BCUT2D eigenvalue weighted by Crippen LogP contribution is 2.30. The van der Waals surface area contributed by atoms with Gasteiger partial charge < -0.3 is 14.3 Å². The molecule has 1 N–H and O–H groups in total. The molecule has 4 nitrogen and oxygen atoms in total. The Morgan fingerprint density at radius 2 is 2.00 bits per heavy atom. The molecule has 0 unspecified atom stereocenters. The fraction of sp³-hybridized carbons (Fsp3) is 0.357. The molecular formula is C14H20O4Si. The third kappa shape index (κ3) is 5.28. The molecule has 0 aliphatic rings. The predicted molar refractivity (Wildman–Crippen MR) is 78.1 cm³/mol. The largest absolute Gasteiger partial charge is 0.542 e. The number of ketones is 1. The molecule has 0 aliphatic carbocycles. The second kappa shape index (κ2) is 6.54. The molecule has 0 radical (unpaired) electrons. The molecule has 0 amide bonds. The Bertz CT molecular complexity index is 475. The fourth-order valence-corrected chi connectivity index (χ4v) is 2.27. The number of carbonyl (C=O) groups excluding carboxylic acids is 1. The van der Waals surface area contributed by atoms with Crippen molar-refractivity contribution in [3.63, 3.8) is 0 Å². The van der Waals surface area contributed by atoms with E-state index in [1.807, 2.05) is 12.1 Å². The van der Waals surface area contributed by atoms with Crippen molar-refractivity contribution in [2.24, 2.45) is 0 Å². The van der Waals surface area contributed by atoms with Gasteiger partial charge in [-0.3, -0.25) is 4.79 Å². The number of carbonyl (C=O) groups is 1. The van der Waals surface area contributed by atoms with Crippen LogP contribution in [0.25, 0.3) is 6.08 Å². The summed E-state index contributed by atoms with van der Waals surface area (Å²) in [5, 5.41) is 8.64. The summed E-state index contributed by atoms with van der Waals surface area (Å²) in [5.41, 5.74) is 0.821. The van der Waals surface area contributed by atoms with E-state index in [0.29, 0.717) is 11.5 Å². The van der Waals surface area contributed by atoms with Crippen LogP contribution < -0.4 is 9.16 Å². The smallest absolute Gasteiger partial charge is 0.242 e. The summed E-state index contributed by atoms with van der Waals surface area (Å²) in [5.74, 6) is 1.02. The summed E-state index contributed by atoms with van der Waals surface area (Å²) in [7, 11) is -0.108. The van der Waals surface area contributed by atoms with Crippen molar-refractivity contribution in [2.75, 3.05) is 13.7 Å². The summed E-state index contributed by atoms with van der Waals surface area (Å²) in [6, 6.07) is 5.48. The zero-order valence-electron chi connectivity index (χ0n) is 11.8. The molecule has 0 fully saturated rings. The number of rotatable bonds is 6. The van der Waals surface area contributed by atoms with Gasteiger partial charge in [-0.15, -0.1) is 0 Å². The number of aliphatic hydroxyl groups is 1. The molecule has 104 valence electrons. The molecule has 0 atom stereocenters. The van der Waals surface area contributed by atoms with Crippen LogP contribution in [0.15, 0.2) is 24.3 Å². The maximum atomic E-state index is 11.0. The van der Waals surface area contributed by atoms with E-state index in [9.17, 15) is 4.79 Å². The van der Waals surface area contributed by atoms with Gasteiger partial charge >= 0.3 is 0 Å². The molecule has 0 aliphatic heterocycles. The molecule has 1 aromatic rings. The molecule has 0 aromatic heterocycles. The second-order valence-corrected chi connectivity index (χ2v) is 9.51. The van der Waals surface area contributed by atoms with Gasteiger partial charge in [0, 0.05) is 0 Å². The molecule has 0 saturated heterocycles. The SMILES string of the molecule is COc1cc(/C=C/C(=O)CO)ccc1O[Si](C)(C)C. The van der Waals surface area contributed by atoms with Crippen LogP contribution in [-0.4, -0.2) is 32.9 Å². The van der Waals surface area contributed by atoms with Gasteiger partial charge in [0.1, 0.15) is 12.4 Å². The molecule has 0 spiro atoms. The van der Waals surface area contributed by atoms with E-state index in [2.05, 4.69) is 19.6 Å². The molecule has 1 aromatic carbocycles. The van der Waals surface area contributed by atoms with Crippen LogP contribution in [0.3, 0.4) is 0 Å². The van der Waals surface area contributed by atoms with Gasteiger partial charge in [-0.25, -0.2) is 0 Å². The molecular weight excluding hydrogens is 260 g/mol. The van der Waals surface area contributed by atoms with Crippen LogP contribution in [0.5, 0.6) is 11.5 Å². The van der Waals surface area contributed by atoms with Crippen molar-refractivity contribution in [3.8, 4) is 11.5 Å². The van der Waals surface area contributed by atoms with Crippen molar-refractivity contribution < 1.29 is 19.1 Å². The lowest BCUT2D eigenvalue weighted by Crippen LogP contribution is -2.29. The average molecular weight is 280 g/mol. The number of benzene rings is 1. The first-order valence-corrected chi connectivity index (χ1v) is 9.45. The van der Waals surface area contributed by atoms with Crippen LogP contribution >= 0.6 is 0 Å². The Balaban J connectivity index is 2.96. The zero-order valence-corrected chi connectivity index (χ0v) is 12.8. The van der Waals surface area contributed by atoms with Crippen molar-refractivity contribution in [3.05, 3.63) is 29.8 Å². The van der Waals surface area contributed by atoms with E-state index in [0.717, 1.165) is 5.56 Å². The Kier molecular flexibility index (Phi) is 5.32. The zero-order chi connectivity index (χ0) is 14.5. The maximum absolute atomic E-state index is 11.0. The minimum Gasteiger partial charge on any atom is -0.542 e. The van der Waals surface area contributed by atoms with Gasteiger partial charge in [0.2, 0.25) is 8.32 Å². The van der Waals surface area contributed by atoms with Crippen molar-refractivity contribution >= 4 is 20.2 Å². The highest BCUT2D eigenvalue weighted by atomic mass is 28.4. The monoisotopic (exact) mass is 280 g/mol. The van der Waals surface area contributed by atoms with E-state index in [4.69, 9.17) is 14.3 Å². The minimum atomic E-state index is -1.69. The fourth-order valence-electron chi connectivity index (χ4n) is 1.44. The van der Waals surface area contributed by atoms with E-state index < -0.39 is 14.9 Å². The first-order valence-electron chi connectivity index (χ1n) is 6.04. The second-order valence-electron chi connectivity index (χ2n) is 5.08. The molecule has 19 heavy (non-hydrogen) atoms. The molecule has 0 bridgehead atoms. The first kappa shape index (κ1) is 15.5. The Labute approximate surface area is 114 Å². The number of hydrogen-bond acceptors (Lipinski definition) is 4. The summed E-state index contributed by atoms with van der Waals surface area (Å²) >= 11 is 0. The van der Waals surface area contributed by atoms with Crippen LogP contribution in [0.4, 0.5) is 0 Å². The third-order valence-corrected chi connectivity index (χ3v) is 3.05. The van der Waals surface area contributed by atoms with Gasteiger partial charge in [-0.2, -0.15) is 0 Å². The number of ether oxygens (including phenoxy) is 1. The predicted octanol–water partition coefficient (Wildman–Crippen LogP) is 2.48. The van der Waals surface area contributed by atoms with E-state index >= 15 is 0 Å². The molecule has 0 heterocycles. The van der Waals surface area contributed by atoms with Gasteiger partial charge in [-0.05, 0) is 43.4 Å². The normalized spacial score (nSPS) is 11.6. The van der Waals surface area contributed by atoms with Gasteiger partial charge in [0.05, 0.1) is 7.11 Å². The highest BCUT2D eigenvalue weighted by molar-refractivity contribution is 6.70. The Hall–Kier alpha value is -1.59. The minimum absolute atomic E-state index is 0.332. The van der Waals surface area contributed by atoms with Crippen LogP contribution in [0.2, 0.25) is 19.6 Å². The molecule has 5 heteroatoms. The third-order valence-electron chi connectivity index (χ3n) is 2.22. The summed E-state index contributed by atoms with van der Waals surface area (Å²) in [4.78, 5) is 11.0. The average Bonchev–Trinajstić information content (AvgIpc) is 2.35. The number of methoxy groups -OCH3 is 1. The Morgan fingerprint density at radius 1 is 1.32 bits per heavy atom. The quantitative estimate of drug-likeness (QED) is 0.642. The lowest BCUT2D eigenvalue weighted by molar-refractivity contribution is -0.117. The highest BCUT2D eigenvalue weighted by Gasteiger charge is 2.18. The van der Waals surface area contributed by atoms with Crippen molar-refractivity contribution in [1.82, 2.24) is 0 Å². The summed E-state index contributed by atoms with van der Waals surface area (Å²) in [6.45, 7) is 5.81. The molecule has 0 saturated carbocycles. The molecule has 1 rings (SSSR count). The van der Waals surface area contributed by atoms with Crippen molar-refractivity contribution in [2.45, 2.75) is 19.6 Å². The first-order chi connectivity index (χ1) is 8.85. The Morgan fingerprint density at radius 3 is 2.53 bits per heavy atom. The number of aliphatic hydroxyl groups excluding tert-OH is 1. The van der Waals surface area contributed by atoms with E-state index in [-0.39, 0.29) is 5.78 Å².